The number of nitrogens with one attached hydrogen (secondary N) is 2. The fourth-order valence-electron chi connectivity index (χ4n) is 0.664. The van der Waals surface area contributed by atoms with Crippen LogP contribution in [0.25, 0.3) is 0 Å². The highest BCUT2D eigenvalue weighted by Gasteiger charge is 2.14. The molecule has 0 saturated carbocycles. The predicted octanol–water partition coefficient (Wildman–Crippen LogP) is 0.634. The molecule has 0 spiro atoms. The highest BCUT2D eigenvalue weighted by atomic mass is 15.3. The fourth-order valence-corrected chi connectivity index (χ4v) is 0.664. The smallest absolute Gasteiger partial charge is 0.0234 e. The summed E-state index contributed by atoms with van der Waals surface area (Å²) < 4.78 is 0. The summed E-state index contributed by atoms with van der Waals surface area (Å²) in [5.41, 5.74) is 6.27. The van der Waals surface area contributed by atoms with Crippen molar-refractivity contribution in [1.82, 2.24) is 10.9 Å². The monoisotopic (exact) mass is 112 g/mol. The summed E-state index contributed by atoms with van der Waals surface area (Å²) >= 11 is 0. The van der Waals surface area contributed by atoms with Crippen molar-refractivity contribution in [3.8, 4) is 0 Å². The van der Waals surface area contributed by atoms with E-state index in [1.54, 1.807) is 0 Å². The van der Waals surface area contributed by atoms with Gasteiger partial charge in [0, 0.05) is 12.7 Å². The molecule has 0 radical (unpaired) electrons. The normalized spacial score (nSPS) is 24.8. The molecule has 1 aliphatic heterocycles. The van der Waals surface area contributed by atoms with E-state index in [1.807, 2.05) is 6.20 Å². The molecule has 1 aliphatic rings. The molecule has 46 valence electrons. The second-order valence-electron chi connectivity index (χ2n) is 2.82. The average Bonchev–Trinajstić information content (AvgIpc) is 1.65. The first-order chi connectivity index (χ1) is 3.71. The summed E-state index contributed by atoms with van der Waals surface area (Å²) in [6.45, 7) is 5.39. The van der Waals surface area contributed by atoms with Crippen LogP contribution in [0.15, 0.2) is 12.3 Å². The molecule has 0 aromatic heterocycles. The molecule has 0 unspecified atom stereocenters. The molecule has 2 heteroatoms. The summed E-state index contributed by atoms with van der Waals surface area (Å²) in [6, 6.07) is 0. The molecule has 1 rings (SSSR count). The van der Waals surface area contributed by atoms with Gasteiger partial charge in [0.1, 0.15) is 0 Å². The Kier molecular flexibility index (Phi) is 1.26. The van der Waals surface area contributed by atoms with Gasteiger partial charge in [0.2, 0.25) is 0 Å². The van der Waals surface area contributed by atoms with Gasteiger partial charge < -0.3 is 5.43 Å². The molecule has 0 aromatic rings. The molecule has 0 fully saturated rings. The number of hydrogen-bond acceptors (Lipinski definition) is 2. The van der Waals surface area contributed by atoms with Gasteiger partial charge in [-0.15, -0.1) is 0 Å². The van der Waals surface area contributed by atoms with E-state index >= 15 is 0 Å². The van der Waals surface area contributed by atoms with Crippen molar-refractivity contribution in [3.05, 3.63) is 12.3 Å². The van der Waals surface area contributed by atoms with Crippen LogP contribution in [0, 0.1) is 5.41 Å². The highest BCUT2D eigenvalue weighted by molar-refractivity contribution is 4.97. The van der Waals surface area contributed by atoms with Crippen molar-refractivity contribution >= 4 is 0 Å². The molecule has 2 N–H and O–H groups in total. The predicted molar refractivity (Wildman–Crippen MR) is 34.1 cm³/mol. The SMILES string of the molecule is CC1(C)C=CNNC1. The van der Waals surface area contributed by atoms with Gasteiger partial charge in [0.15, 0.2) is 0 Å². The molecular weight excluding hydrogens is 100 g/mol. The van der Waals surface area contributed by atoms with Crippen molar-refractivity contribution in [2.75, 3.05) is 6.54 Å². The van der Waals surface area contributed by atoms with Gasteiger partial charge in [-0.3, -0.25) is 0 Å². The van der Waals surface area contributed by atoms with E-state index in [4.69, 9.17) is 0 Å². The van der Waals surface area contributed by atoms with Crippen molar-refractivity contribution in [2.45, 2.75) is 13.8 Å². The third kappa shape index (κ3) is 1.23. The van der Waals surface area contributed by atoms with Crippen LogP contribution in [-0.4, -0.2) is 6.54 Å². The van der Waals surface area contributed by atoms with Gasteiger partial charge in [0.05, 0.1) is 0 Å². The molecule has 2 nitrogen and oxygen atoms in total. The van der Waals surface area contributed by atoms with Crippen LogP contribution < -0.4 is 10.9 Å². The maximum Gasteiger partial charge on any atom is 0.0234 e. The standard InChI is InChI=1S/C6H12N2/c1-6(2)3-4-7-8-5-6/h3-4,7-8H,5H2,1-2H3. The molecule has 0 aromatic carbocycles. The number of hydrogen-bond donors (Lipinski definition) is 2. The zero-order valence-corrected chi connectivity index (χ0v) is 5.36. The Morgan fingerprint density at radius 3 is 2.50 bits per heavy atom. The molecule has 0 bridgehead atoms. The van der Waals surface area contributed by atoms with Crippen LogP contribution in [0.5, 0.6) is 0 Å². The molecule has 0 amide bonds. The Labute approximate surface area is 49.9 Å². The van der Waals surface area contributed by atoms with Crippen LogP contribution in [0.1, 0.15) is 13.8 Å². The quantitative estimate of drug-likeness (QED) is 0.480. The topological polar surface area (TPSA) is 24.1 Å². The zero-order valence-electron chi connectivity index (χ0n) is 5.36. The lowest BCUT2D eigenvalue weighted by Gasteiger charge is -2.24. The minimum absolute atomic E-state index is 0.325. The Morgan fingerprint density at radius 1 is 1.50 bits per heavy atom. The zero-order chi connectivity index (χ0) is 6.04. The van der Waals surface area contributed by atoms with Gasteiger partial charge >= 0.3 is 0 Å². The first kappa shape index (κ1) is 5.63. The second kappa shape index (κ2) is 1.78. The van der Waals surface area contributed by atoms with E-state index < -0.39 is 0 Å². The van der Waals surface area contributed by atoms with E-state index in [0.717, 1.165) is 6.54 Å². The molecule has 0 aliphatic carbocycles. The first-order valence-electron chi connectivity index (χ1n) is 2.87. The minimum atomic E-state index is 0.325. The van der Waals surface area contributed by atoms with Gasteiger partial charge in [-0.05, 0) is 5.41 Å². The molecular formula is C6H12N2. The largest absolute Gasteiger partial charge is 0.329 e. The number of hydrazine groups is 1. The van der Waals surface area contributed by atoms with E-state index in [2.05, 4.69) is 30.8 Å². The van der Waals surface area contributed by atoms with Crippen molar-refractivity contribution in [2.24, 2.45) is 5.41 Å². The Morgan fingerprint density at radius 2 is 2.25 bits per heavy atom. The highest BCUT2D eigenvalue weighted by Crippen LogP contribution is 2.15. The van der Waals surface area contributed by atoms with Gasteiger partial charge in [-0.25, -0.2) is 5.43 Å². The minimum Gasteiger partial charge on any atom is -0.329 e. The summed E-state index contributed by atoms with van der Waals surface area (Å²) in [5, 5.41) is 0. The van der Waals surface area contributed by atoms with Gasteiger partial charge in [-0.1, -0.05) is 19.9 Å². The van der Waals surface area contributed by atoms with Crippen molar-refractivity contribution in [3.63, 3.8) is 0 Å². The van der Waals surface area contributed by atoms with Gasteiger partial charge in [0.25, 0.3) is 0 Å². The summed E-state index contributed by atoms with van der Waals surface area (Å²) in [6.07, 6.45) is 4.09. The van der Waals surface area contributed by atoms with E-state index in [0.29, 0.717) is 5.41 Å². The Bertz CT molecular complexity index is 105. The van der Waals surface area contributed by atoms with E-state index in [9.17, 15) is 0 Å². The van der Waals surface area contributed by atoms with Crippen LogP contribution in [0.4, 0.5) is 0 Å². The second-order valence-corrected chi connectivity index (χ2v) is 2.82. The lowest BCUT2D eigenvalue weighted by atomic mass is 9.93. The molecule has 0 atom stereocenters. The van der Waals surface area contributed by atoms with Crippen LogP contribution in [0.2, 0.25) is 0 Å². The van der Waals surface area contributed by atoms with Crippen LogP contribution >= 0.6 is 0 Å². The Balaban J connectivity index is 2.56. The third-order valence-electron chi connectivity index (χ3n) is 1.26. The maximum atomic E-state index is 3.04. The van der Waals surface area contributed by atoms with E-state index in [1.165, 1.54) is 0 Å². The van der Waals surface area contributed by atoms with Crippen molar-refractivity contribution < 1.29 is 0 Å². The van der Waals surface area contributed by atoms with Crippen LogP contribution in [-0.2, 0) is 0 Å². The van der Waals surface area contributed by atoms with Crippen LogP contribution in [0.3, 0.4) is 0 Å². The maximum absolute atomic E-state index is 3.04. The summed E-state index contributed by atoms with van der Waals surface area (Å²) in [7, 11) is 0. The summed E-state index contributed by atoms with van der Waals surface area (Å²) in [4.78, 5) is 0. The lowest BCUT2D eigenvalue weighted by molar-refractivity contribution is 0.389. The van der Waals surface area contributed by atoms with Gasteiger partial charge in [-0.2, -0.15) is 0 Å². The Hall–Kier alpha value is -0.500. The van der Waals surface area contributed by atoms with E-state index in [-0.39, 0.29) is 0 Å². The fraction of sp³-hybridized carbons (Fsp3) is 0.667. The summed E-state index contributed by atoms with van der Waals surface area (Å²) in [5.74, 6) is 0. The number of rotatable bonds is 0. The lowest BCUT2D eigenvalue weighted by Crippen LogP contribution is -2.39. The third-order valence-corrected chi connectivity index (χ3v) is 1.26. The first-order valence-corrected chi connectivity index (χ1v) is 2.87. The molecule has 8 heavy (non-hydrogen) atoms. The molecule has 0 saturated heterocycles. The van der Waals surface area contributed by atoms with Crippen molar-refractivity contribution in [1.29, 1.82) is 0 Å². The average molecular weight is 112 g/mol. The molecule has 1 heterocycles.